The zero-order valence-corrected chi connectivity index (χ0v) is 27.0. The summed E-state index contributed by atoms with van der Waals surface area (Å²) in [7, 11) is 0. The first-order chi connectivity index (χ1) is 22.1. The summed E-state index contributed by atoms with van der Waals surface area (Å²) in [6.45, 7) is 14.4. The van der Waals surface area contributed by atoms with Crippen LogP contribution in [0.1, 0.15) is 48.8 Å². The van der Waals surface area contributed by atoms with Crippen LogP contribution in [0.2, 0.25) is 0 Å². The number of aryl methyl sites for hydroxylation is 1. The Hall–Kier alpha value is -3.05. The topological polar surface area (TPSA) is 95.7 Å². The average molecular weight is 614 g/mol. The van der Waals surface area contributed by atoms with Gasteiger partial charge >= 0.3 is 6.03 Å². The lowest BCUT2D eigenvalue weighted by Crippen LogP contribution is -2.53. The van der Waals surface area contributed by atoms with Gasteiger partial charge in [0.05, 0.1) is 0 Å². The van der Waals surface area contributed by atoms with Crippen LogP contribution >= 0.6 is 0 Å². The fourth-order valence-corrected chi connectivity index (χ4v) is 8.31. The highest BCUT2D eigenvalue weighted by Crippen LogP contribution is 2.26. The summed E-state index contributed by atoms with van der Waals surface area (Å²) in [6, 6.07) is 13.9. The maximum Gasteiger partial charge on any atom is 0.322 e. The first-order valence-corrected chi connectivity index (χ1v) is 17.4. The van der Waals surface area contributed by atoms with Gasteiger partial charge in [-0.1, -0.05) is 24.3 Å². The molecule has 0 saturated carbocycles. The van der Waals surface area contributed by atoms with Gasteiger partial charge in [0.15, 0.2) is 0 Å². The van der Waals surface area contributed by atoms with Gasteiger partial charge in [-0.15, -0.1) is 0 Å². The second-order valence-corrected chi connectivity index (χ2v) is 13.9. The third-order valence-electron chi connectivity index (χ3n) is 10.9. The molecule has 45 heavy (non-hydrogen) atoms. The Morgan fingerprint density at radius 2 is 1.69 bits per heavy atom. The van der Waals surface area contributed by atoms with Crippen molar-refractivity contribution in [1.82, 2.24) is 40.3 Å². The zero-order chi connectivity index (χ0) is 30.6. The molecule has 7 rings (SSSR count). The summed E-state index contributed by atoms with van der Waals surface area (Å²) in [4.78, 5) is 23.3. The minimum Gasteiger partial charge on any atom is -0.321 e. The maximum absolute atomic E-state index is 13.1. The number of aromatic amines is 1. The number of benzene rings is 2. The molecule has 3 saturated heterocycles. The number of rotatable bonds is 9. The molecule has 4 aliphatic rings. The number of urea groups is 1. The molecule has 2 amide bonds. The molecule has 4 aliphatic heterocycles. The smallest absolute Gasteiger partial charge is 0.321 e. The number of nitrogens with one attached hydrogen (secondary N) is 3. The lowest BCUT2D eigenvalue weighted by atomic mass is 9.93. The highest BCUT2D eigenvalue weighted by molar-refractivity contribution is 5.91. The molecule has 3 aromatic rings. The number of para-hydroxylation sites is 1. The van der Waals surface area contributed by atoms with E-state index >= 15 is 0 Å². The number of nitrogens with zero attached hydrogens (tertiary/aromatic N) is 6. The normalized spacial score (nSPS) is 22.3. The van der Waals surface area contributed by atoms with Gasteiger partial charge in [-0.05, 0) is 106 Å². The van der Waals surface area contributed by atoms with Crippen molar-refractivity contribution in [2.24, 2.45) is 5.92 Å². The third-order valence-corrected chi connectivity index (χ3v) is 10.9. The fraction of sp³-hybridized carbons (Fsp3) is 0.629. The van der Waals surface area contributed by atoms with Crippen molar-refractivity contribution < 1.29 is 4.79 Å². The first kappa shape index (κ1) is 30.6. The number of H-pyrrole nitrogens is 1. The molecule has 1 atom stereocenters. The molecule has 10 nitrogen and oxygen atoms in total. The van der Waals surface area contributed by atoms with E-state index in [9.17, 15) is 4.79 Å². The molecular formula is C35H51N9O. The Kier molecular flexibility index (Phi) is 9.62. The standard InChI is InChI=1S/C35H51N9O/c1-26-22-28(24-33-34(26)39-40-38-33)23-27(25-42-18-20-43(21-19-42)30-6-12-36-13-7-30)8-14-41-15-10-31(11-16-41)44-17-9-29-4-2-3-5-32(29)37-35(44)45/h2-5,22,24,27,30-31,36H,6-21,23,25H2,1H3,(H,37,45)(H,38,39,40). The number of fused-ring (bicyclic) bond motifs is 2. The number of carbonyl (C=O) groups excluding carboxylic acids is 1. The van der Waals surface area contributed by atoms with Crippen LogP contribution in [-0.4, -0.2) is 125 Å². The Morgan fingerprint density at radius 1 is 0.889 bits per heavy atom. The molecule has 0 bridgehead atoms. The zero-order valence-electron chi connectivity index (χ0n) is 27.0. The van der Waals surface area contributed by atoms with Crippen molar-refractivity contribution in [3.63, 3.8) is 0 Å². The molecule has 5 heterocycles. The fourth-order valence-electron chi connectivity index (χ4n) is 8.31. The minimum atomic E-state index is 0.0677. The molecule has 3 fully saturated rings. The first-order valence-electron chi connectivity index (χ1n) is 17.4. The van der Waals surface area contributed by atoms with Crippen LogP contribution in [0.4, 0.5) is 10.5 Å². The molecule has 10 heteroatoms. The van der Waals surface area contributed by atoms with E-state index in [1.165, 1.54) is 75.2 Å². The number of hydrogen-bond donors (Lipinski definition) is 3. The molecule has 3 N–H and O–H groups in total. The molecule has 1 aromatic heterocycles. The molecule has 0 radical (unpaired) electrons. The van der Waals surface area contributed by atoms with Gasteiger partial charge in [-0.25, -0.2) is 4.79 Å². The van der Waals surface area contributed by atoms with Crippen molar-refractivity contribution in [3.05, 3.63) is 53.1 Å². The summed E-state index contributed by atoms with van der Waals surface area (Å²) >= 11 is 0. The molecule has 1 unspecified atom stereocenters. The van der Waals surface area contributed by atoms with Crippen molar-refractivity contribution in [1.29, 1.82) is 0 Å². The third kappa shape index (κ3) is 7.35. The van der Waals surface area contributed by atoms with Gasteiger partial charge in [0.2, 0.25) is 0 Å². The van der Waals surface area contributed by atoms with Gasteiger partial charge in [0, 0.05) is 70.1 Å². The van der Waals surface area contributed by atoms with E-state index in [0.717, 1.165) is 81.2 Å². The van der Waals surface area contributed by atoms with E-state index in [1.807, 2.05) is 12.1 Å². The largest absolute Gasteiger partial charge is 0.322 e. The Bertz CT molecular complexity index is 1420. The van der Waals surface area contributed by atoms with Crippen LogP contribution < -0.4 is 10.6 Å². The molecule has 0 aliphatic carbocycles. The average Bonchev–Trinajstić information content (AvgIpc) is 3.48. The number of carbonyl (C=O) groups is 1. The quantitative estimate of drug-likeness (QED) is 0.339. The van der Waals surface area contributed by atoms with E-state index in [0.29, 0.717) is 12.0 Å². The number of anilines is 1. The van der Waals surface area contributed by atoms with Crippen molar-refractivity contribution in [2.45, 2.75) is 64.0 Å². The molecule has 242 valence electrons. The van der Waals surface area contributed by atoms with E-state index < -0.39 is 0 Å². The predicted octanol–water partition coefficient (Wildman–Crippen LogP) is 3.74. The van der Waals surface area contributed by atoms with Crippen molar-refractivity contribution >= 4 is 22.8 Å². The van der Waals surface area contributed by atoms with E-state index in [-0.39, 0.29) is 6.03 Å². The molecule has 0 spiro atoms. The lowest BCUT2D eigenvalue weighted by molar-refractivity contribution is 0.0700. The second kappa shape index (κ2) is 14.2. The van der Waals surface area contributed by atoms with Gasteiger partial charge in [0.1, 0.15) is 11.0 Å². The number of piperazine rings is 1. The monoisotopic (exact) mass is 613 g/mol. The van der Waals surface area contributed by atoms with Gasteiger partial charge in [-0.3, -0.25) is 4.90 Å². The number of likely N-dealkylation sites (tertiary alicyclic amines) is 1. The van der Waals surface area contributed by atoms with E-state index in [4.69, 9.17) is 0 Å². The maximum atomic E-state index is 13.1. The van der Waals surface area contributed by atoms with Crippen molar-refractivity contribution in [2.75, 3.05) is 77.3 Å². The van der Waals surface area contributed by atoms with Crippen molar-refractivity contribution in [3.8, 4) is 0 Å². The minimum absolute atomic E-state index is 0.0677. The SMILES string of the molecule is Cc1cc(CC(CCN2CCC(N3CCc4ccccc4NC3=O)CC2)CN2CCN(C3CCNCC3)CC2)cc2n[nH]nc12. The summed E-state index contributed by atoms with van der Waals surface area (Å²) in [5, 5.41) is 18.3. The number of piperidine rings is 2. The molecule has 2 aromatic carbocycles. The Balaban J connectivity index is 0.946. The van der Waals surface area contributed by atoms with Gasteiger partial charge in [-0.2, -0.15) is 15.4 Å². The Morgan fingerprint density at radius 3 is 2.51 bits per heavy atom. The summed E-state index contributed by atoms with van der Waals surface area (Å²) in [6.07, 6.45) is 7.86. The lowest BCUT2D eigenvalue weighted by Gasteiger charge is -2.42. The Labute approximate surface area is 267 Å². The van der Waals surface area contributed by atoms with E-state index in [2.05, 4.69) is 76.8 Å². The number of hydrogen-bond acceptors (Lipinski definition) is 7. The van der Waals surface area contributed by atoms with Crippen LogP contribution in [0.5, 0.6) is 0 Å². The van der Waals surface area contributed by atoms with Crippen LogP contribution in [0.25, 0.3) is 11.0 Å². The number of aromatic nitrogens is 3. The summed E-state index contributed by atoms with van der Waals surface area (Å²) < 4.78 is 0. The highest BCUT2D eigenvalue weighted by atomic mass is 16.2. The summed E-state index contributed by atoms with van der Waals surface area (Å²) in [5.41, 5.74) is 6.74. The van der Waals surface area contributed by atoms with Crippen LogP contribution in [0.3, 0.4) is 0 Å². The highest BCUT2D eigenvalue weighted by Gasteiger charge is 2.31. The predicted molar refractivity (Wildman–Crippen MR) is 180 cm³/mol. The molecular weight excluding hydrogens is 562 g/mol. The van der Waals surface area contributed by atoms with Crippen LogP contribution in [-0.2, 0) is 12.8 Å². The van der Waals surface area contributed by atoms with Gasteiger partial charge < -0.3 is 25.3 Å². The van der Waals surface area contributed by atoms with E-state index in [1.54, 1.807) is 0 Å². The summed E-state index contributed by atoms with van der Waals surface area (Å²) in [5.74, 6) is 0.590. The second-order valence-electron chi connectivity index (χ2n) is 13.9. The van der Waals surface area contributed by atoms with Gasteiger partial charge in [0.25, 0.3) is 0 Å². The number of amides is 2. The van der Waals surface area contributed by atoms with Crippen LogP contribution in [0.15, 0.2) is 36.4 Å². The van der Waals surface area contributed by atoms with Crippen LogP contribution in [0, 0.1) is 12.8 Å².